The summed E-state index contributed by atoms with van der Waals surface area (Å²) in [6.45, 7) is 4.31. The van der Waals surface area contributed by atoms with Crippen molar-refractivity contribution in [3.8, 4) is 0 Å². The zero-order valence-corrected chi connectivity index (χ0v) is 13.9. The monoisotopic (exact) mass is 330 g/mol. The molecule has 2 heterocycles. The van der Waals surface area contributed by atoms with Crippen molar-refractivity contribution in [1.29, 1.82) is 0 Å². The number of amides is 1. The van der Waals surface area contributed by atoms with Crippen molar-refractivity contribution in [3.63, 3.8) is 0 Å². The first-order valence-electron chi connectivity index (χ1n) is 7.97. The number of nitrogens with zero attached hydrogens (tertiary/aromatic N) is 2. The largest absolute Gasteiger partial charge is 0.347 e. The Kier molecular flexibility index (Phi) is 5.38. The maximum absolute atomic E-state index is 12.0. The highest BCUT2D eigenvalue weighted by Crippen LogP contribution is 2.13. The molecule has 1 amide bonds. The van der Waals surface area contributed by atoms with E-state index in [4.69, 9.17) is 5.73 Å². The van der Waals surface area contributed by atoms with Crippen LogP contribution in [-0.2, 0) is 19.6 Å². The van der Waals surface area contributed by atoms with Crippen LogP contribution in [0, 0.1) is 0 Å². The van der Waals surface area contributed by atoms with Gasteiger partial charge in [0.15, 0.2) is 0 Å². The van der Waals surface area contributed by atoms with Crippen molar-refractivity contribution in [1.82, 2.24) is 15.2 Å². The second-order valence-corrected chi connectivity index (χ2v) is 6.76. The molecule has 1 saturated heterocycles. The Morgan fingerprint density at radius 2 is 1.91 bits per heavy atom. The van der Waals surface area contributed by atoms with Gasteiger partial charge in [-0.2, -0.15) is 0 Å². The fourth-order valence-corrected chi connectivity index (χ4v) is 3.40. The molecule has 1 aliphatic rings. The molecule has 0 saturated carbocycles. The average molecular weight is 330 g/mol. The molecule has 3 N–H and O–H groups in total. The molecule has 1 aliphatic heterocycles. The number of nitrogens with one attached hydrogen (secondary N) is 1. The lowest BCUT2D eigenvalue weighted by atomic mass is 10.1. The number of hydrogen-bond acceptors (Lipinski definition) is 5. The van der Waals surface area contributed by atoms with E-state index in [0.29, 0.717) is 18.8 Å². The summed E-state index contributed by atoms with van der Waals surface area (Å²) < 4.78 is 0. The standard InChI is InChI=1S/C17H22N4OS/c18-9-16-20-15(12-23-16)17(22)19-10-13-3-5-14(6-4-13)11-21-7-1-2-8-21/h3-6,12H,1-2,7-11,18H2,(H,19,22). The molecule has 0 aliphatic carbocycles. The summed E-state index contributed by atoms with van der Waals surface area (Å²) in [6.07, 6.45) is 2.62. The van der Waals surface area contributed by atoms with E-state index in [9.17, 15) is 4.79 Å². The van der Waals surface area contributed by atoms with Crippen LogP contribution in [0.4, 0.5) is 0 Å². The number of hydrogen-bond donors (Lipinski definition) is 2. The van der Waals surface area contributed by atoms with Crippen LogP contribution in [0.25, 0.3) is 0 Å². The average Bonchev–Trinajstić information content (AvgIpc) is 3.25. The Labute approximate surface area is 140 Å². The summed E-state index contributed by atoms with van der Waals surface area (Å²) in [5.41, 5.74) is 8.38. The van der Waals surface area contributed by atoms with E-state index < -0.39 is 0 Å². The first-order chi connectivity index (χ1) is 11.2. The van der Waals surface area contributed by atoms with Crippen molar-refractivity contribution < 1.29 is 4.79 Å². The maximum atomic E-state index is 12.0. The molecular formula is C17H22N4OS. The Bertz CT molecular complexity index is 647. The molecule has 1 aromatic carbocycles. The normalized spacial score (nSPS) is 15.0. The van der Waals surface area contributed by atoms with E-state index in [1.165, 1.54) is 42.8 Å². The highest BCUT2D eigenvalue weighted by molar-refractivity contribution is 7.09. The molecule has 1 aromatic heterocycles. The number of thiazole rings is 1. The molecule has 0 radical (unpaired) electrons. The minimum Gasteiger partial charge on any atom is -0.347 e. The van der Waals surface area contributed by atoms with E-state index in [1.807, 2.05) is 0 Å². The van der Waals surface area contributed by atoms with E-state index in [2.05, 4.69) is 39.5 Å². The summed E-state index contributed by atoms with van der Waals surface area (Å²) in [4.78, 5) is 18.7. The van der Waals surface area contributed by atoms with Crippen molar-refractivity contribution in [2.24, 2.45) is 5.73 Å². The van der Waals surface area contributed by atoms with Gasteiger partial charge in [0.05, 0.1) is 0 Å². The summed E-state index contributed by atoms with van der Waals surface area (Å²) in [5, 5.41) is 5.43. The smallest absolute Gasteiger partial charge is 0.271 e. The molecule has 6 heteroatoms. The Morgan fingerprint density at radius 3 is 2.57 bits per heavy atom. The van der Waals surface area contributed by atoms with Gasteiger partial charge in [-0.15, -0.1) is 11.3 Å². The van der Waals surface area contributed by atoms with Gasteiger partial charge in [0.1, 0.15) is 10.7 Å². The minimum absolute atomic E-state index is 0.151. The van der Waals surface area contributed by atoms with Crippen molar-refractivity contribution in [2.75, 3.05) is 13.1 Å². The fourth-order valence-electron chi connectivity index (χ4n) is 2.74. The Morgan fingerprint density at radius 1 is 1.22 bits per heavy atom. The van der Waals surface area contributed by atoms with Gasteiger partial charge in [-0.3, -0.25) is 9.69 Å². The first-order valence-corrected chi connectivity index (χ1v) is 8.85. The summed E-state index contributed by atoms with van der Waals surface area (Å²) >= 11 is 1.41. The fraction of sp³-hybridized carbons (Fsp3) is 0.412. The van der Waals surface area contributed by atoms with Crippen LogP contribution < -0.4 is 11.1 Å². The van der Waals surface area contributed by atoms with Gasteiger partial charge in [0.25, 0.3) is 5.91 Å². The molecule has 5 nitrogen and oxygen atoms in total. The zero-order valence-electron chi connectivity index (χ0n) is 13.1. The van der Waals surface area contributed by atoms with Gasteiger partial charge < -0.3 is 11.1 Å². The highest BCUT2D eigenvalue weighted by Gasteiger charge is 2.12. The molecule has 0 unspecified atom stereocenters. The lowest BCUT2D eigenvalue weighted by Gasteiger charge is -2.14. The predicted octanol–water partition coefficient (Wildman–Crippen LogP) is 2.13. The third-order valence-electron chi connectivity index (χ3n) is 4.04. The van der Waals surface area contributed by atoms with E-state index >= 15 is 0 Å². The van der Waals surface area contributed by atoms with Gasteiger partial charge in [-0.1, -0.05) is 24.3 Å². The maximum Gasteiger partial charge on any atom is 0.271 e. The molecule has 122 valence electrons. The molecule has 2 aromatic rings. The molecule has 3 rings (SSSR count). The van der Waals surface area contributed by atoms with Gasteiger partial charge >= 0.3 is 0 Å². The number of carbonyl (C=O) groups excluding carboxylic acids is 1. The van der Waals surface area contributed by atoms with Gasteiger partial charge in [0, 0.05) is 25.0 Å². The molecule has 0 bridgehead atoms. The topological polar surface area (TPSA) is 71.2 Å². The van der Waals surface area contributed by atoms with Crippen LogP contribution >= 0.6 is 11.3 Å². The Balaban J connectivity index is 1.50. The lowest BCUT2D eigenvalue weighted by molar-refractivity contribution is 0.0946. The highest BCUT2D eigenvalue weighted by atomic mass is 32.1. The second-order valence-electron chi connectivity index (χ2n) is 5.81. The van der Waals surface area contributed by atoms with E-state index in [1.54, 1.807) is 5.38 Å². The predicted molar refractivity (Wildman–Crippen MR) is 92.1 cm³/mol. The number of likely N-dealkylation sites (tertiary alicyclic amines) is 1. The number of carbonyl (C=O) groups is 1. The molecular weight excluding hydrogens is 308 g/mol. The number of benzene rings is 1. The third kappa shape index (κ3) is 4.37. The minimum atomic E-state index is -0.151. The van der Waals surface area contributed by atoms with Gasteiger partial charge in [-0.25, -0.2) is 4.98 Å². The summed E-state index contributed by atoms with van der Waals surface area (Å²) in [7, 11) is 0. The molecule has 0 spiro atoms. The zero-order chi connectivity index (χ0) is 16.1. The summed E-state index contributed by atoms with van der Waals surface area (Å²) in [5.74, 6) is -0.151. The van der Waals surface area contributed by atoms with Crippen molar-refractivity contribution in [2.45, 2.75) is 32.5 Å². The van der Waals surface area contributed by atoms with Crippen molar-refractivity contribution >= 4 is 17.2 Å². The summed E-state index contributed by atoms with van der Waals surface area (Å²) in [6, 6.07) is 8.46. The van der Waals surface area contributed by atoms with Gasteiger partial charge in [-0.05, 0) is 37.1 Å². The van der Waals surface area contributed by atoms with Crippen molar-refractivity contribution in [3.05, 3.63) is 51.5 Å². The van der Waals surface area contributed by atoms with Crippen LogP contribution in [0.1, 0.15) is 39.5 Å². The first kappa shape index (κ1) is 16.1. The SMILES string of the molecule is NCc1nc(C(=O)NCc2ccc(CN3CCCC3)cc2)cs1. The molecule has 23 heavy (non-hydrogen) atoms. The second kappa shape index (κ2) is 7.68. The lowest BCUT2D eigenvalue weighted by Crippen LogP contribution is -2.23. The van der Waals surface area contributed by atoms with Crippen LogP contribution in [0.5, 0.6) is 0 Å². The Hall–Kier alpha value is -1.76. The quantitative estimate of drug-likeness (QED) is 0.851. The molecule has 0 atom stereocenters. The molecule has 1 fully saturated rings. The third-order valence-corrected chi connectivity index (χ3v) is 4.91. The number of rotatable bonds is 6. The van der Waals surface area contributed by atoms with Crippen LogP contribution in [0.15, 0.2) is 29.6 Å². The van der Waals surface area contributed by atoms with Crippen LogP contribution in [0.3, 0.4) is 0 Å². The van der Waals surface area contributed by atoms with E-state index in [-0.39, 0.29) is 5.91 Å². The number of nitrogens with two attached hydrogens (primary N) is 1. The van der Waals surface area contributed by atoms with Gasteiger partial charge in [0.2, 0.25) is 0 Å². The van der Waals surface area contributed by atoms with E-state index in [0.717, 1.165) is 17.1 Å². The van der Waals surface area contributed by atoms with Crippen LogP contribution in [-0.4, -0.2) is 28.9 Å². The number of aromatic nitrogens is 1. The van der Waals surface area contributed by atoms with Crippen LogP contribution in [0.2, 0.25) is 0 Å².